The third-order valence-electron chi connectivity index (χ3n) is 4.29. The van der Waals surface area contributed by atoms with Crippen molar-refractivity contribution in [3.63, 3.8) is 0 Å². The molecule has 2 aromatic rings. The molecule has 0 aliphatic carbocycles. The van der Waals surface area contributed by atoms with Gasteiger partial charge in [0.1, 0.15) is 11.5 Å². The topological polar surface area (TPSA) is 55.6 Å². The number of ether oxygens (including phenoxy) is 1. The van der Waals surface area contributed by atoms with Gasteiger partial charge < -0.3 is 14.2 Å². The lowest BCUT2D eigenvalue weighted by Gasteiger charge is -2.24. The number of rotatable bonds is 5. The number of hydrogen-bond acceptors (Lipinski definition) is 4. The van der Waals surface area contributed by atoms with Crippen molar-refractivity contribution in [3.05, 3.63) is 47.3 Å². The van der Waals surface area contributed by atoms with Crippen LogP contribution in [0.4, 0.5) is 0 Å². The maximum absolute atomic E-state index is 12.8. The summed E-state index contributed by atoms with van der Waals surface area (Å²) in [5.41, 5.74) is 1.54. The Hall–Kier alpha value is -2.30. The van der Waals surface area contributed by atoms with Gasteiger partial charge in [0.05, 0.1) is 13.2 Å². The number of carbonyl (C=O) groups is 1. The number of amides is 1. The molecule has 0 radical (unpaired) electrons. The second-order valence-electron chi connectivity index (χ2n) is 5.86. The van der Waals surface area contributed by atoms with Gasteiger partial charge in [-0.3, -0.25) is 4.79 Å². The average Bonchev–Trinajstić information content (AvgIpc) is 3.24. The van der Waals surface area contributed by atoms with Crippen LogP contribution in [0.25, 0.3) is 0 Å². The molecule has 122 valence electrons. The number of aryl methyl sites for hydroxylation is 1. The molecule has 3 rings (SSSR count). The highest BCUT2D eigenvalue weighted by Gasteiger charge is 2.32. The molecule has 1 fully saturated rings. The van der Waals surface area contributed by atoms with Crippen molar-refractivity contribution in [2.24, 2.45) is 0 Å². The van der Waals surface area contributed by atoms with Crippen molar-refractivity contribution < 1.29 is 14.1 Å². The smallest absolute Gasteiger partial charge is 0.276 e. The van der Waals surface area contributed by atoms with Crippen molar-refractivity contribution >= 4 is 5.91 Å². The molecule has 2 heterocycles. The molecular formula is C18H22N2O3. The van der Waals surface area contributed by atoms with Gasteiger partial charge in [-0.1, -0.05) is 24.2 Å². The molecule has 0 saturated carbocycles. The summed E-state index contributed by atoms with van der Waals surface area (Å²) in [5, 5.41) is 3.95. The van der Waals surface area contributed by atoms with Gasteiger partial charge >= 0.3 is 0 Å². The van der Waals surface area contributed by atoms with Crippen LogP contribution in [0.5, 0.6) is 5.75 Å². The zero-order valence-electron chi connectivity index (χ0n) is 13.6. The summed E-state index contributed by atoms with van der Waals surface area (Å²) in [6, 6.07) is 9.80. The number of likely N-dealkylation sites (tertiary alicyclic amines) is 1. The fourth-order valence-electron chi connectivity index (χ4n) is 3.11. The van der Waals surface area contributed by atoms with E-state index in [1.807, 2.05) is 29.2 Å². The number of nitrogens with zero attached hydrogens (tertiary/aromatic N) is 2. The maximum atomic E-state index is 12.8. The molecule has 5 heteroatoms. The SMILES string of the molecule is CCCc1cc(C(=O)N2CCC[C@@H]2c2ccc(OC)cc2)no1. The molecule has 0 unspecified atom stereocenters. The third kappa shape index (κ3) is 3.23. The number of methoxy groups -OCH3 is 1. The van der Waals surface area contributed by atoms with Gasteiger partial charge in [-0.15, -0.1) is 0 Å². The first-order chi connectivity index (χ1) is 11.2. The van der Waals surface area contributed by atoms with E-state index in [-0.39, 0.29) is 11.9 Å². The van der Waals surface area contributed by atoms with Crippen LogP contribution >= 0.6 is 0 Å². The van der Waals surface area contributed by atoms with Crippen LogP contribution in [0.3, 0.4) is 0 Å². The molecule has 0 spiro atoms. The molecule has 1 amide bonds. The van der Waals surface area contributed by atoms with Crippen LogP contribution < -0.4 is 4.74 Å². The Bertz CT molecular complexity index is 663. The fraction of sp³-hybridized carbons (Fsp3) is 0.444. The van der Waals surface area contributed by atoms with Gasteiger partial charge in [0, 0.05) is 19.0 Å². The van der Waals surface area contributed by atoms with Gasteiger partial charge in [-0.2, -0.15) is 0 Å². The summed E-state index contributed by atoms with van der Waals surface area (Å²) in [4.78, 5) is 14.6. The molecule has 1 aliphatic rings. The predicted molar refractivity (Wildman–Crippen MR) is 86.5 cm³/mol. The summed E-state index contributed by atoms with van der Waals surface area (Å²) >= 11 is 0. The van der Waals surface area contributed by atoms with E-state index in [1.165, 1.54) is 0 Å². The first-order valence-electron chi connectivity index (χ1n) is 8.13. The lowest BCUT2D eigenvalue weighted by molar-refractivity contribution is 0.0725. The Kier molecular flexibility index (Phi) is 4.65. The Morgan fingerprint density at radius 2 is 2.17 bits per heavy atom. The lowest BCUT2D eigenvalue weighted by atomic mass is 10.0. The van der Waals surface area contributed by atoms with Gasteiger partial charge in [-0.25, -0.2) is 0 Å². The highest BCUT2D eigenvalue weighted by Crippen LogP contribution is 2.33. The van der Waals surface area contributed by atoms with Crippen LogP contribution in [0.15, 0.2) is 34.9 Å². The van der Waals surface area contributed by atoms with Crippen molar-refractivity contribution in [2.45, 2.75) is 38.6 Å². The first kappa shape index (κ1) is 15.6. The van der Waals surface area contributed by atoms with Gasteiger partial charge in [0.25, 0.3) is 5.91 Å². The quantitative estimate of drug-likeness (QED) is 0.846. The van der Waals surface area contributed by atoms with E-state index in [0.717, 1.165) is 49.3 Å². The van der Waals surface area contributed by atoms with E-state index >= 15 is 0 Å². The van der Waals surface area contributed by atoms with Crippen molar-refractivity contribution in [1.82, 2.24) is 10.1 Å². The molecule has 1 aromatic heterocycles. The zero-order valence-corrected chi connectivity index (χ0v) is 13.6. The molecule has 1 aromatic carbocycles. The minimum atomic E-state index is -0.0468. The summed E-state index contributed by atoms with van der Waals surface area (Å²) in [6.07, 6.45) is 3.75. The van der Waals surface area contributed by atoms with E-state index in [9.17, 15) is 4.79 Å². The van der Waals surface area contributed by atoms with Gasteiger partial charge in [0.15, 0.2) is 5.69 Å². The Labute approximate surface area is 136 Å². The lowest BCUT2D eigenvalue weighted by Crippen LogP contribution is -2.30. The van der Waals surface area contributed by atoms with Crippen LogP contribution in [0.1, 0.15) is 54.0 Å². The number of hydrogen-bond donors (Lipinski definition) is 0. The highest BCUT2D eigenvalue weighted by molar-refractivity contribution is 5.92. The molecule has 0 N–H and O–H groups in total. The van der Waals surface area contributed by atoms with Gasteiger partial charge in [-0.05, 0) is 37.0 Å². The minimum Gasteiger partial charge on any atom is -0.497 e. The van der Waals surface area contributed by atoms with E-state index in [4.69, 9.17) is 9.26 Å². The van der Waals surface area contributed by atoms with E-state index in [2.05, 4.69) is 12.1 Å². The molecule has 1 atom stereocenters. The summed E-state index contributed by atoms with van der Waals surface area (Å²) in [7, 11) is 1.65. The van der Waals surface area contributed by atoms with Crippen LogP contribution in [-0.2, 0) is 6.42 Å². The van der Waals surface area contributed by atoms with E-state index < -0.39 is 0 Å². The van der Waals surface area contributed by atoms with Crippen LogP contribution in [0.2, 0.25) is 0 Å². The molecule has 23 heavy (non-hydrogen) atoms. The van der Waals surface area contributed by atoms with Crippen LogP contribution in [-0.4, -0.2) is 29.6 Å². The van der Waals surface area contributed by atoms with E-state index in [1.54, 1.807) is 13.2 Å². The Morgan fingerprint density at radius 1 is 1.39 bits per heavy atom. The van der Waals surface area contributed by atoms with Crippen molar-refractivity contribution in [2.75, 3.05) is 13.7 Å². The maximum Gasteiger partial charge on any atom is 0.276 e. The number of carbonyl (C=O) groups excluding carboxylic acids is 1. The van der Waals surface area contributed by atoms with Crippen molar-refractivity contribution in [3.8, 4) is 5.75 Å². The second kappa shape index (κ2) is 6.86. The molecular weight excluding hydrogens is 292 g/mol. The van der Waals surface area contributed by atoms with Gasteiger partial charge in [0.2, 0.25) is 0 Å². The normalized spacial score (nSPS) is 17.5. The molecule has 1 aliphatic heterocycles. The standard InChI is InChI=1S/C18H22N2O3/c1-3-5-15-12-16(19-23-15)18(21)20-11-4-6-17(20)13-7-9-14(22-2)10-8-13/h7-10,12,17H,3-6,11H2,1-2H3/t17-/m1/s1. The second-order valence-corrected chi connectivity index (χ2v) is 5.86. The molecule has 1 saturated heterocycles. The number of aromatic nitrogens is 1. The minimum absolute atomic E-state index is 0.0468. The highest BCUT2D eigenvalue weighted by atomic mass is 16.5. The fourth-order valence-corrected chi connectivity index (χ4v) is 3.11. The summed E-state index contributed by atoms with van der Waals surface area (Å²) in [5.74, 6) is 1.55. The average molecular weight is 314 g/mol. The Balaban J connectivity index is 1.78. The summed E-state index contributed by atoms with van der Waals surface area (Å²) in [6.45, 7) is 2.83. The van der Waals surface area contributed by atoms with E-state index in [0.29, 0.717) is 5.69 Å². The van der Waals surface area contributed by atoms with Crippen LogP contribution in [0, 0.1) is 0 Å². The molecule has 5 nitrogen and oxygen atoms in total. The zero-order chi connectivity index (χ0) is 16.2. The first-order valence-corrected chi connectivity index (χ1v) is 8.13. The monoisotopic (exact) mass is 314 g/mol. The largest absolute Gasteiger partial charge is 0.497 e. The van der Waals surface area contributed by atoms with Crippen molar-refractivity contribution in [1.29, 1.82) is 0 Å². The molecule has 0 bridgehead atoms. The third-order valence-corrected chi connectivity index (χ3v) is 4.29. The predicted octanol–water partition coefficient (Wildman–Crippen LogP) is 3.61. The Morgan fingerprint density at radius 3 is 2.87 bits per heavy atom. The summed E-state index contributed by atoms with van der Waals surface area (Å²) < 4.78 is 10.4. The number of benzene rings is 1.